The zero-order valence-electron chi connectivity index (χ0n) is 14.6. The van der Waals surface area contributed by atoms with Crippen LogP contribution in [-0.2, 0) is 0 Å². The lowest BCUT2D eigenvalue weighted by molar-refractivity contribution is 0.0521. The number of aromatic nitrogens is 2. The van der Waals surface area contributed by atoms with Crippen LogP contribution in [0.25, 0.3) is 5.69 Å². The Kier molecular flexibility index (Phi) is 4.71. The van der Waals surface area contributed by atoms with Gasteiger partial charge in [0.25, 0.3) is 5.91 Å². The van der Waals surface area contributed by atoms with E-state index in [4.69, 9.17) is 0 Å². The molecule has 0 saturated carbocycles. The van der Waals surface area contributed by atoms with E-state index in [-0.39, 0.29) is 12.0 Å². The van der Waals surface area contributed by atoms with Crippen LogP contribution in [0.4, 0.5) is 0 Å². The van der Waals surface area contributed by atoms with Gasteiger partial charge in [-0.3, -0.25) is 4.79 Å². The van der Waals surface area contributed by atoms with Crippen LogP contribution in [-0.4, -0.2) is 44.9 Å². The highest BCUT2D eigenvalue weighted by Gasteiger charge is 2.28. The number of hydrogen-bond donors (Lipinski definition) is 1. The van der Waals surface area contributed by atoms with Crippen LogP contribution in [0.3, 0.4) is 0 Å². The zero-order chi connectivity index (χ0) is 17.3. The van der Waals surface area contributed by atoms with Crippen molar-refractivity contribution >= 4 is 5.91 Å². The fourth-order valence-electron chi connectivity index (χ4n) is 3.42. The largest absolute Gasteiger partial charge is 0.393 e. The second-order valence-corrected chi connectivity index (χ2v) is 6.71. The third kappa shape index (κ3) is 3.08. The summed E-state index contributed by atoms with van der Waals surface area (Å²) in [7, 11) is 0. The van der Waals surface area contributed by atoms with Crippen molar-refractivity contribution in [2.45, 2.75) is 39.7 Å². The fraction of sp³-hybridized carbons (Fsp3) is 0.474. The van der Waals surface area contributed by atoms with Gasteiger partial charge in [0.1, 0.15) is 0 Å². The van der Waals surface area contributed by atoms with E-state index >= 15 is 0 Å². The Balaban J connectivity index is 1.79. The van der Waals surface area contributed by atoms with Crippen molar-refractivity contribution in [3.63, 3.8) is 0 Å². The zero-order valence-corrected chi connectivity index (χ0v) is 14.6. The van der Waals surface area contributed by atoms with E-state index in [0.29, 0.717) is 24.6 Å². The monoisotopic (exact) mass is 327 g/mol. The minimum atomic E-state index is -0.298. The van der Waals surface area contributed by atoms with Crippen LogP contribution < -0.4 is 0 Å². The predicted molar refractivity (Wildman–Crippen MR) is 93.3 cm³/mol. The van der Waals surface area contributed by atoms with Gasteiger partial charge < -0.3 is 10.0 Å². The molecule has 3 rings (SSSR count). The van der Waals surface area contributed by atoms with Gasteiger partial charge in [-0.05, 0) is 51.2 Å². The summed E-state index contributed by atoms with van der Waals surface area (Å²) < 4.78 is 1.84. The molecule has 0 spiro atoms. The summed E-state index contributed by atoms with van der Waals surface area (Å²) in [6, 6.07) is 8.03. The lowest BCUT2D eigenvalue weighted by atomic mass is 9.92. The third-order valence-electron chi connectivity index (χ3n) is 5.09. The van der Waals surface area contributed by atoms with Crippen molar-refractivity contribution in [2.24, 2.45) is 5.92 Å². The lowest BCUT2D eigenvalue weighted by Gasteiger charge is -2.33. The summed E-state index contributed by atoms with van der Waals surface area (Å²) in [6.45, 7) is 7.21. The summed E-state index contributed by atoms with van der Waals surface area (Å²) in [5, 5.41) is 14.1. The number of hydrogen-bond acceptors (Lipinski definition) is 3. The molecule has 1 atom stereocenters. The molecule has 0 bridgehead atoms. The maximum Gasteiger partial charge on any atom is 0.257 e. The first-order valence-electron chi connectivity index (χ1n) is 8.57. The molecule has 1 saturated heterocycles. The van der Waals surface area contributed by atoms with E-state index in [1.807, 2.05) is 54.6 Å². The van der Waals surface area contributed by atoms with Crippen molar-refractivity contribution < 1.29 is 9.90 Å². The topological polar surface area (TPSA) is 58.4 Å². The molecule has 1 aromatic heterocycles. The minimum absolute atomic E-state index is 0.0383. The maximum atomic E-state index is 12.8. The highest BCUT2D eigenvalue weighted by Crippen LogP contribution is 2.24. The van der Waals surface area contributed by atoms with Crippen molar-refractivity contribution in [2.75, 3.05) is 13.1 Å². The molecule has 2 heterocycles. The van der Waals surface area contributed by atoms with E-state index < -0.39 is 0 Å². The average molecular weight is 327 g/mol. The molecule has 1 aliphatic rings. The molecule has 2 aromatic rings. The second-order valence-electron chi connectivity index (χ2n) is 6.71. The Morgan fingerprint density at radius 3 is 2.54 bits per heavy atom. The first-order valence-corrected chi connectivity index (χ1v) is 8.57. The Labute approximate surface area is 142 Å². The molecule has 128 valence electrons. The van der Waals surface area contributed by atoms with Crippen LogP contribution in [0.1, 0.15) is 41.4 Å². The number of aliphatic hydroxyl groups is 1. The average Bonchev–Trinajstić information content (AvgIpc) is 2.96. The number of carbonyl (C=O) groups excluding carboxylic acids is 1. The number of likely N-dealkylation sites (tertiary alicyclic amines) is 1. The molecule has 1 fully saturated rings. The molecular formula is C19H25N3O2. The molecule has 0 aliphatic carbocycles. The molecule has 24 heavy (non-hydrogen) atoms. The number of rotatable bonds is 3. The summed E-state index contributed by atoms with van der Waals surface area (Å²) in [4.78, 5) is 14.7. The van der Waals surface area contributed by atoms with Crippen LogP contribution in [0, 0.1) is 19.8 Å². The SMILES string of the molecule is Cc1ccccc1-n1ncc(C(=O)N2CCC(C(C)O)CC2)c1C. The number of aryl methyl sites for hydroxylation is 1. The summed E-state index contributed by atoms with van der Waals surface area (Å²) >= 11 is 0. The quantitative estimate of drug-likeness (QED) is 0.943. The van der Waals surface area contributed by atoms with Gasteiger partial charge in [-0.1, -0.05) is 18.2 Å². The molecule has 1 aliphatic heterocycles. The van der Waals surface area contributed by atoms with Crippen molar-refractivity contribution in [3.8, 4) is 5.69 Å². The van der Waals surface area contributed by atoms with Gasteiger partial charge in [0, 0.05) is 13.1 Å². The van der Waals surface area contributed by atoms with E-state index in [0.717, 1.165) is 29.8 Å². The number of piperidine rings is 1. The Hall–Kier alpha value is -2.14. The van der Waals surface area contributed by atoms with E-state index in [9.17, 15) is 9.90 Å². The number of carbonyl (C=O) groups is 1. The fourth-order valence-corrected chi connectivity index (χ4v) is 3.42. The van der Waals surface area contributed by atoms with Crippen LogP contribution >= 0.6 is 0 Å². The highest BCUT2D eigenvalue weighted by molar-refractivity contribution is 5.95. The van der Waals surface area contributed by atoms with Crippen molar-refractivity contribution in [1.29, 1.82) is 0 Å². The molecule has 5 nitrogen and oxygen atoms in total. The predicted octanol–water partition coefficient (Wildman–Crippen LogP) is 2.72. The van der Waals surface area contributed by atoms with Gasteiger partial charge in [-0.2, -0.15) is 5.10 Å². The van der Waals surface area contributed by atoms with Gasteiger partial charge in [0.05, 0.1) is 29.2 Å². The van der Waals surface area contributed by atoms with Crippen LogP contribution in [0.2, 0.25) is 0 Å². The number of para-hydroxylation sites is 1. The number of aliphatic hydroxyl groups excluding tert-OH is 1. The first-order chi connectivity index (χ1) is 11.5. The minimum Gasteiger partial charge on any atom is -0.393 e. The molecular weight excluding hydrogens is 302 g/mol. The van der Waals surface area contributed by atoms with Gasteiger partial charge >= 0.3 is 0 Å². The normalized spacial score (nSPS) is 17.1. The van der Waals surface area contributed by atoms with E-state index in [1.54, 1.807) is 6.20 Å². The Bertz CT molecular complexity index is 728. The highest BCUT2D eigenvalue weighted by atomic mass is 16.3. The van der Waals surface area contributed by atoms with Gasteiger partial charge in [-0.25, -0.2) is 4.68 Å². The number of nitrogens with zero attached hydrogens (tertiary/aromatic N) is 3. The second kappa shape index (κ2) is 6.77. The number of benzene rings is 1. The van der Waals surface area contributed by atoms with Crippen LogP contribution in [0.15, 0.2) is 30.5 Å². The molecule has 0 radical (unpaired) electrons. The molecule has 1 N–H and O–H groups in total. The lowest BCUT2D eigenvalue weighted by Crippen LogP contribution is -2.40. The van der Waals surface area contributed by atoms with Gasteiger partial charge in [0.15, 0.2) is 0 Å². The van der Waals surface area contributed by atoms with Gasteiger partial charge in [0.2, 0.25) is 0 Å². The van der Waals surface area contributed by atoms with Crippen LogP contribution in [0.5, 0.6) is 0 Å². The van der Waals surface area contributed by atoms with E-state index in [2.05, 4.69) is 5.10 Å². The van der Waals surface area contributed by atoms with Crippen molar-refractivity contribution in [1.82, 2.24) is 14.7 Å². The van der Waals surface area contributed by atoms with E-state index in [1.165, 1.54) is 0 Å². The van der Waals surface area contributed by atoms with Gasteiger partial charge in [-0.15, -0.1) is 0 Å². The van der Waals surface area contributed by atoms with Crippen molar-refractivity contribution in [3.05, 3.63) is 47.3 Å². The Morgan fingerprint density at radius 2 is 1.92 bits per heavy atom. The molecule has 1 aromatic carbocycles. The summed E-state index contributed by atoms with van der Waals surface area (Å²) in [5.41, 5.74) is 3.66. The maximum absolute atomic E-state index is 12.8. The summed E-state index contributed by atoms with van der Waals surface area (Å²) in [5.74, 6) is 0.334. The molecule has 5 heteroatoms. The number of amides is 1. The first kappa shape index (κ1) is 16.7. The standard InChI is InChI=1S/C19H25N3O2/c1-13-6-4-5-7-18(13)22-14(2)17(12-20-22)19(24)21-10-8-16(9-11-21)15(3)23/h4-7,12,15-16,23H,8-11H2,1-3H3. The summed E-state index contributed by atoms with van der Waals surface area (Å²) in [6.07, 6.45) is 3.08. The molecule has 1 amide bonds. The smallest absolute Gasteiger partial charge is 0.257 e. The Morgan fingerprint density at radius 1 is 1.25 bits per heavy atom. The third-order valence-corrected chi connectivity index (χ3v) is 5.09. The molecule has 1 unspecified atom stereocenters.